The lowest BCUT2D eigenvalue weighted by atomic mass is 9.98. The van der Waals surface area contributed by atoms with E-state index in [0.29, 0.717) is 29.1 Å². The number of aromatic nitrogens is 1. The van der Waals surface area contributed by atoms with Crippen LogP contribution in [0.2, 0.25) is 5.02 Å². The summed E-state index contributed by atoms with van der Waals surface area (Å²) in [4.78, 5) is 17.9. The molecule has 0 unspecified atom stereocenters. The molecule has 9 heteroatoms. The molecule has 3 rings (SSSR count). The molecule has 2 heterocycles. The van der Waals surface area contributed by atoms with Gasteiger partial charge in [-0.3, -0.25) is 4.99 Å². The van der Waals surface area contributed by atoms with Crippen LogP contribution in [0.4, 0.5) is 5.69 Å². The molecule has 0 saturated heterocycles. The zero-order valence-electron chi connectivity index (χ0n) is 17.5. The molecule has 1 aromatic carbocycles. The number of rotatable bonds is 6. The number of allylic oxidation sites excluding steroid dienone is 1. The van der Waals surface area contributed by atoms with Crippen molar-refractivity contribution in [2.24, 2.45) is 15.0 Å². The van der Waals surface area contributed by atoms with Crippen LogP contribution in [0.3, 0.4) is 0 Å². The zero-order valence-corrected chi connectivity index (χ0v) is 19.1. The molecule has 1 aliphatic rings. The summed E-state index contributed by atoms with van der Waals surface area (Å²) in [6.45, 7) is 5.70. The number of hydrogen-bond acceptors (Lipinski definition) is 5. The van der Waals surface area contributed by atoms with Crippen LogP contribution in [0, 0.1) is 6.92 Å². The van der Waals surface area contributed by atoms with E-state index < -0.39 is 0 Å². The molecule has 0 bridgehead atoms. The number of ether oxygens (including phenoxy) is 1. The van der Waals surface area contributed by atoms with Crippen molar-refractivity contribution in [2.45, 2.75) is 18.2 Å². The van der Waals surface area contributed by atoms with Crippen LogP contribution >= 0.6 is 23.5 Å². The summed E-state index contributed by atoms with van der Waals surface area (Å²) in [6, 6.07) is 7.99. The molecule has 0 aliphatic carbocycles. The van der Waals surface area contributed by atoms with Gasteiger partial charge in [-0.25, -0.2) is 9.98 Å². The minimum absolute atomic E-state index is 0.476. The summed E-state index contributed by atoms with van der Waals surface area (Å²) in [5, 5.41) is 3.43. The summed E-state index contributed by atoms with van der Waals surface area (Å²) in [6.07, 6.45) is 7.64. The van der Waals surface area contributed by atoms with Crippen LogP contribution in [0.15, 0.2) is 69.2 Å². The maximum atomic E-state index is 6.07. The SMILES string of the molecule is C=CNC(=NC)/N=C1\CC=C(c2cc(NSc3cc(Cl)cnc3OC)ccc2C)C=N1. The number of halogens is 1. The van der Waals surface area contributed by atoms with Gasteiger partial charge < -0.3 is 14.8 Å². The Morgan fingerprint density at radius 2 is 2.19 bits per heavy atom. The van der Waals surface area contributed by atoms with Crippen molar-refractivity contribution in [2.75, 3.05) is 18.9 Å². The topological polar surface area (TPSA) is 83.3 Å². The number of aryl methyl sites for hydroxylation is 1. The maximum Gasteiger partial charge on any atom is 0.228 e. The molecule has 0 fully saturated rings. The largest absolute Gasteiger partial charge is 0.480 e. The summed E-state index contributed by atoms with van der Waals surface area (Å²) >= 11 is 7.46. The van der Waals surface area contributed by atoms with Crippen LogP contribution in [-0.4, -0.2) is 37.2 Å². The smallest absolute Gasteiger partial charge is 0.228 e. The van der Waals surface area contributed by atoms with E-state index in [0.717, 1.165) is 27.3 Å². The van der Waals surface area contributed by atoms with E-state index >= 15 is 0 Å². The number of methoxy groups -OCH3 is 1. The number of benzene rings is 1. The Kier molecular flexibility index (Phi) is 7.86. The first-order valence-corrected chi connectivity index (χ1v) is 10.6. The first kappa shape index (κ1) is 22.6. The average Bonchev–Trinajstić information content (AvgIpc) is 2.79. The van der Waals surface area contributed by atoms with Crippen molar-refractivity contribution >= 4 is 52.8 Å². The first-order valence-electron chi connectivity index (χ1n) is 9.43. The van der Waals surface area contributed by atoms with Gasteiger partial charge in [0.25, 0.3) is 0 Å². The predicted octanol–water partition coefficient (Wildman–Crippen LogP) is 5.15. The Hall–Kier alpha value is -3.10. The molecule has 0 radical (unpaired) electrons. The second-order valence-corrected chi connectivity index (χ2v) is 7.72. The Morgan fingerprint density at radius 1 is 1.35 bits per heavy atom. The molecule has 0 atom stereocenters. The third-order valence-electron chi connectivity index (χ3n) is 4.34. The summed E-state index contributed by atoms with van der Waals surface area (Å²) in [5.74, 6) is 1.68. The van der Waals surface area contributed by atoms with E-state index in [1.807, 2.05) is 18.3 Å². The number of amidine groups is 1. The van der Waals surface area contributed by atoms with Gasteiger partial charge in [0, 0.05) is 31.6 Å². The minimum Gasteiger partial charge on any atom is -0.480 e. The molecule has 2 N–H and O–H groups in total. The molecule has 31 heavy (non-hydrogen) atoms. The van der Waals surface area contributed by atoms with Crippen molar-refractivity contribution in [1.29, 1.82) is 0 Å². The van der Waals surface area contributed by atoms with Gasteiger partial charge in [0.2, 0.25) is 11.8 Å². The van der Waals surface area contributed by atoms with Crippen LogP contribution in [0.1, 0.15) is 17.5 Å². The van der Waals surface area contributed by atoms with Crippen LogP contribution in [0.5, 0.6) is 5.88 Å². The number of hydrogen-bond donors (Lipinski definition) is 2. The highest BCUT2D eigenvalue weighted by Gasteiger charge is 2.11. The molecule has 0 spiro atoms. The quantitative estimate of drug-likeness (QED) is 0.358. The van der Waals surface area contributed by atoms with Gasteiger partial charge in [-0.15, -0.1) is 0 Å². The Morgan fingerprint density at radius 3 is 2.87 bits per heavy atom. The van der Waals surface area contributed by atoms with Crippen LogP contribution in [-0.2, 0) is 0 Å². The lowest BCUT2D eigenvalue weighted by molar-refractivity contribution is 0.387. The van der Waals surface area contributed by atoms with Crippen molar-refractivity contribution in [3.8, 4) is 5.88 Å². The van der Waals surface area contributed by atoms with Gasteiger partial charge >= 0.3 is 0 Å². The van der Waals surface area contributed by atoms with Gasteiger partial charge in [-0.1, -0.05) is 30.3 Å². The van der Waals surface area contributed by atoms with Crippen molar-refractivity contribution in [1.82, 2.24) is 10.3 Å². The van der Waals surface area contributed by atoms with Crippen molar-refractivity contribution in [3.05, 3.63) is 65.5 Å². The number of anilines is 1. The number of guanidine groups is 1. The van der Waals surface area contributed by atoms with E-state index in [1.54, 1.807) is 20.4 Å². The normalized spacial score (nSPS) is 14.9. The molecule has 0 saturated carbocycles. The van der Waals surface area contributed by atoms with Gasteiger partial charge in [0.15, 0.2) is 0 Å². The average molecular weight is 455 g/mol. The molecular formula is C22H23ClN6OS. The van der Waals surface area contributed by atoms with E-state index in [4.69, 9.17) is 16.3 Å². The number of nitrogens with one attached hydrogen (secondary N) is 2. The Balaban J connectivity index is 1.75. The maximum absolute atomic E-state index is 6.07. The predicted molar refractivity (Wildman–Crippen MR) is 132 cm³/mol. The van der Waals surface area contributed by atoms with E-state index in [-0.39, 0.29) is 0 Å². The fraction of sp³-hybridized carbons (Fsp3) is 0.182. The first-order chi connectivity index (χ1) is 15.0. The highest BCUT2D eigenvalue weighted by molar-refractivity contribution is 8.00. The summed E-state index contributed by atoms with van der Waals surface area (Å²) in [7, 11) is 3.25. The van der Waals surface area contributed by atoms with Gasteiger partial charge in [-0.05, 0) is 60.0 Å². The van der Waals surface area contributed by atoms with E-state index in [1.165, 1.54) is 18.1 Å². The minimum atomic E-state index is 0.476. The monoisotopic (exact) mass is 454 g/mol. The lowest BCUT2D eigenvalue weighted by Gasteiger charge is -2.14. The molecule has 7 nitrogen and oxygen atoms in total. The molecule has 1 aliphatic heterocycles. The fourth-order valence-corrected chi connectivity index (χ4v) is 3.80. The zero-order chi connectivity index (χ0) is 22.2. The van der Waals surface area contributed by atoms with Crippen molar-refractivity contribution in [3.63, 3.8) is 0 Å². The summed E-state index contributed by atoms with van der Waals surface area (Å²) < 4.78 is 8.64. The fourth-order valence-electron chi connectivity index (χ4n) is 2.81. The lowest BCUT2D eigenvalue weighted by Crippen LogP contribution is -2.16. The Labute approximate surface area is 191 Å². The molecule has 1 aromatic heterocycles. The second kappa shape index (κ2) is 10.8. The third-order valence-corrected chi connectivity index (χ3v) is 5.40. The number of dihydropyridines is 1. The molecular weight excluding hydrogens is 432 g/mol. The highest BCUT2D eigenvalue weighted by atomic mass is 35.5. The Bertz CT molecular complexity index is 1090. The summed E-state index contributed by atoms with van der Waals surface area (Å²) in [5.41, 5.74) is 4.23. The van der Waals surface area contributed by atoms with Crippen LogP contribution < -0.4 is 14.8 Å². The molecule has 160 valence electrons. The van der Waals surface area contributed by atoms with Gasteiger partial charge in [0.1, 0.15) is 5.84 Å². The molecule has 2 aromatic rings. The standard InChI is InChI=1S/C22H23ClN6OS/c1-5-25-22(24-3)28-20-9-7-15(12-26-20)18-11-17(8-6-14(18)2)29-31-19-10-16(23)13-27-21(19)30-4/h5-8,10-13,29H,1,9H2,2-4H3,(H,24,25)/b28-20+. The van der Waals surface area contributed by atoms with E-state index in [2.05, 4.69) is 61.7 Å². The van der Waals surface area contributed by atoms with Crippen molar-refractivity contribution < 1.29 is 4.74 Å². The highest BCUT2D eigenvalue weighted by Crippen LogP contribution is 2.32. The number of aliphatic imine (C=N–C) groups is 3. The number of nitrogens with zero attached hydrogens (tertiary/aromatic N) is 4. The van der Waals surface area contributed by atoms with Gasteiger partial charge in [-0.2, -0.15) is 4.99 Å². The van der Waals surface area contributed by atoms with E-state index in [9.17, 15) is 0 Å². The van der Waals surface area contributed by atoms with Crippen LogP contribution in [0.25, 0.3) is 5.57 Å². The molecule has 0 amide bonds. The van der Waals surface area contributed by atoms with Gasteiger partial charge in [0.05, 0.1) is 17.0 Å². The number of pyridine rings is 1. The second-order valence-electron chi connectivity index (χ2n) is 6.44. The third kappa shape index (κ3) is 5.96.